The third-order valence-corrected chi connectivity index (χ3v) is 3.73. The topological polar surface area (TPSA) is 64.4 Å². The molecule has 0 saturated carbocycles. The Morgan fingerprint density at radius 3 is 2.67 bits per heavy atom. The van der Waals surface area contributed by atoms with Gasteiger partial charge in [-0.25, -0.2) is 4.98 Å². The lowest BCUT2D eigenvalue weighted by molar-refractivity contribution is 0.0364. The average Bonchev–Trinajstić information content (AvgIpc) is 2.65. The molecule has 1 aliphatic heterocycles. The summed E-state index contributed by atoms with van der Waals surface area (Å²) < 4.78 is 6.94. The largest absolute Gasteiger partial charge is 0.379 e. The van der Waals surface area contributed by atoms with Crippen molar-refractivity contribution >= 4 is 10.9 Å². The van der Waals surface area contributed by atoms with E-state index in [1.165, 1.54) is 0 Å². The fourth-order valence-corrected chi connectivity index (χ4v) is 2.56. The maximum atomic E-state index is 12.2. The number of morpholine rings is 1. The predicted octanol–water partition coefficient (Wildman–Crippen LogP) is 0.0889. The first-order valence-electron chi connectivity index (χ1n) is 7.05. The summed E-state index contributed by atoms with van der Waals surface area (Å²) in [7, 11) is 0. The molecule has 21 heavy (non-hydrogen) atoms. The molecule has 1 aromatic carbocycles. The summed E-state index contributed by atoms with van der Waals surface area (Å²) in [6.07, 6.45) is 1.11. The summed E-state index contributed by atoms with van der Waals surface area (Å²) in [5.74, 6) is 0. The van der Waals surface area contributed by atoms with E-state index in [1.54, 1.807) is 22.8 Å². The highest BCUT2D eigenvalue weighted by atomic mass is 16.5. The van der Waals surface area contributed by atoms with Gasteiger partial charge in [-0.3, -0.25) is 14.5 Å². The van der Waals surface area contributed by atoms with E-state index in [1.807, 2.05) is 6.07 Å². The van der Waals surface area contributed by atoms with E-state index in [4.69, 9.17) is 4.74 Å². The summed E-state index contributed by atoms with van der Waals surface area (Å²) in [5, 5.41) is 0.474. The molecule has 1 fully saturated rings. The number of benzene rings is 1. The number of ether oxygens (including phenoxy) is 1. The highest BCUT2D eigenvalue weighted by Crippen LogP contribution is 2.06. The van der Waals surface area contributed by atoms with Crippen molar-refractivity contribution in [2.45, 2.75) is 6.54 Å². The van der Waals surface area contributed by atoms with Crippen molar-refractivity contribution < 1.29 is 4.74 Å². The zero-order chi connectivity index (χ0) is 14.7. The van der Waals surface area contributed by atoms with Gasteiger partial charge in [0.1, 0.15) is 0 Å². The van der Waals surface area contributed by atoms with Crippen LogP contribution in [0.2, 0.25) is 0 Å². The number of fused-ring (bicyclic) bond motifs is 1. The Kier molecular flexibility index (Phi) is 4.08. The second-order valence-electron chi connectivity index (χ2n) is 5.02. The average molecular weight is 287 g/mol. The van der Waals surface area contributed by atoms with Crippen LogP contribution in [0.4, 0.5) is 0 Å². The Labute approximate surface area is 121 Å². The van der Waals surface area contributed by atoms with Crippen molar-refractivity contribution in [2.24, 2.45) is 0 Å². The molecule has 0 spiro atoms. The van der Waals surface area contributed by atoms with E-state index < -0.39 is 0 Å². The van der Waals surface area contributed by atoms with Crippen LogP contribution in [-0.4, -0.2) is 47.3 Å². The minimum Gasteiger partial charge on any atom is -0.379 e. The Morgan fingerprint density at radius 2 is 1.86 bits per heavy atom. The van der Waals surface area contributed by atoms with Gasteiger partial charge < -0.3 is 9.30 Å². The van der Waals surface area contributed by atoms with Crippen LogP contribution in [0.15, 0.2) is 40.1 Å². The fraction of sp³-hybridized carbons (Fsp3) is 0.400. The van der Waals surface area contributed by atoms with Crippen molar-refractivity contribution in [1.82, 2.24) is 14.5 Å². The van der Waals surface area contributed by atoms with Gasteiger partial charge in [0.25, 0.3) is 11.1 Å². The lowest BCUT2D eigenvalue weighted by Crippen LogP contribution is -2.39. The van der Waals surface area contributed by atoms with Crippen molar-refractivity contribution in [2.75, 3.05) is 32.8 Å². The predicted molar refractivity (Wildman–Crippen MR) is 79.5 cm³/mol. The normalized spacial score (nSPS) is 16.2. The molecule has 3 rings (SSSR count). The van der Waals surface area contributed by atoms with Gasteiger partial charge in [0.05, 0.1) is 30.3 Å². The van der Waals surface area contributed by atoms with Gasteiger partial charge >= 0.3 is 0 Å². The maximum absolute atomic E-state index is 12.2. The smallest absolute Gasteiger partial charge is 0.279 e. The molecular formula is C15H17N3O3. The van der Waals surface area contributed by atoms with Gasteiger partial charge in [0.15, 0.2) is 0 Å². The minimum atomic E-state index is -0.368. The molecule has 2 aromatic rings. The maximum Gasteiger partial charge on any atom is 0.279 e. The summed E-state index contributed by atoms with van der Waals surface area (Å²) in [4.78, 5) is 30.0. The number of hydrogen-bond donors (Lipinski definition) is 0. The molecule has 0 radical (unpaired) electrons. The van der Waals surface area contributed by atoms with Gasteiger partial charge in [-0.15, -0.1) is 0 Å². The van der Waals surface area contributed by atoms with Crippen LogP contribution >= 0.6 is 0 Å². The van der Waals surface area contributed by atoms with Crippen LogP contribution in [0.3, 0.4) is 0 Å². The second-order valence-corrected chi connectivity index (χ2v) is 5.02. The van der Waals surface area contributed by atoms with Crippen LogP contribution in [0.5, 0.6) is 0 Å². The molecule has 2 heterocycles. The lowest BCUT2D eigenvalue weighted by atomic mass is 10.2. The zero-order valence-corrected chi connectivity index (χ0v) is 11.7. The molecule has 6 nitrogen and oxygen atoms in total. The van der Waals surface area contributed by atoms with Crippen molar-refractivity contribution in [3.05, 3.63) is 51.2 Å². The molecule has 0 amide bonds. The Morgan fingerprint density at radius 1 is 1.10 bits per heavy atom. The van der Waals surface area contributed by atoms with E-state index in [0.717, 1.165) is 39.0 Å². The van der Waals surface area contributed by atoms with Crippen molar-refractivity contribution in [1.29, 1.82) is 0 Å². The number of hydrogen-bond acceptors (Lipinski definition) is 5. The molecule has 0 N–H and O–H groups in total. The minimum absolute atomic E-state index is 0.249. The van der Waals surface area contributed by atoms with Gasteiger partial charge in [-0.1, -0.05) is 12.1 Å². The van der Waals surface area contributed by atoms with Gasteiger partial charge in [0, 0.05) is 26.2 Å². The molecule has 6 heteroatoms. The van der Waals surface area contributed by atoms with E-state index >= 15 is 0 Å². The zero-order valence-electron chi connectivity index (χ0n) is 11.7. The van der Waals surface area contributed by atoms with E-state index in [9.17, 15) is 9.59 Å². The first-order valence-corrected chi connectivity index (χ1v) is 7.05. The highest BCUT2D eigenvalue weighted by molar-refractivity contribution is 5.77. The molecule has 0 aliphatic carbocycles. The molecular weight excluding hydrogens is 270 g/mol. The second kappa shape index (κ2) is 6.15. The number of nitrogens with zero attached hydrogens (tertiary/aromatic N) is 3. The molecule has 0 unspecified atom stereocenters. The van der Waals surface area contributed by atoms with Crippen molar-refractivity contribution in [3.8, 4) is 0 Å². The molecule has 1 aromatic heterocycles. The first-order chi connectivity index (χ1) is 10.3. The monoisotopic (exact) mass is 287 g/mol. The van der Waals surface area contributed by atoms with Gasteiger partial charge in [0.2, 0.25) is 0 Å². The van der Waals surface area contributed by atoms with Crippen LogP contribution < -0.4 is 11.1 Å². The molecule has 1 aliphatic rings. The van der Waals surface area contributed by atoms with Gasteiger partial charge in [-0.2, -0.15) is 0 Å². The fourth-order valence-electron chi connectivity index (χ4n) is 2.56. The van der Waals surface area contributed by atoms with E-state index in [-0.39, 0.29) is 11.1 Å². The SMILES string of the molecule is O=c1ncc(=O)n(CCN2CCOCC2)c2ccccc12. The van der Waals surface area contributed by atoms with Crippen LogP contribution in [0.1, 0.15) is 0 Å². The number of para-hydroxylation sites is 1. The number of rotatable bonds is 3. The standard InChI is InChI=1S/C15H17N3O3/c19-14-11-16-15(20)12-3-1-2-4-13(12)18(14)6-5-17-7-9-21-10-8-17/h1-4,11H,5-10H2. The van der Waals surface area contributed by atoms with E-state index in [0.29, 0.717) is 17.4 Å². The van der Waals surface area contributed by atoms with Crippen LogP contribution in [0, 0.1) is 0 Å². The summed E-state index contributed by atoms with van der Waals surface area (Å²) in [6.45, 7) is 4.49. The third-order valence-electron chi connectivity index (χ3n) is 3.73. The Bertz CT molecular complexity index is 751. The summed E-state index contributed by atoms with van der Waals surface area (Å²) in [5.41, 5.74) is 0.0210. The highest BCUT2D eigenvalue weighted by Gasteiger charge is 2.11. The quantitative estimate of drug-likeness (QED) is 0.800. The van der Waals surface area contributed by atoms with Crippen molar-refractivity contribution in [3.63, 3.8) is 0 Å². The van der Waals surface area contributed by atoms with Crippen LogP contribution in [0.25, 0.3) is 10.9 Å². The molecule has 110 valence electrons. The third kappa shape index (κ3) is 3.01. The Balaban J connectivity index is 1.97. The lowest BCUT2D eigenvalue weighted by Gasteiger charge is -2.26. The van der Waals surface area contributed by atoms with Crippen LogP contribution in [-0.2, 0) is 11.3 Å². The molecule has 0 atom stereocenters. The molecule has 0 bridgehead atoms. The number of aromatic nitrogens is 2. The first kappa shape index (κ1) is 13.9. The van der Waals surface area contributed by atoms with E-state index in [2.05, 4.69) is 9.88 Å². The Hall–Kier alpha value is -2.05. The van der Waals surface area contributed by atoms with Gasteiger partial charge in [-0.05, 0) is 12.1 Å². The summed E-state index contributed by atoms with van der Waals surface area (Å²) in [6, 6.07) is 7.10. The molecule has 1 saturated heterocycles. The summed E-state index contributed by atoms with van der Waals surface area (Å²) >= 11 is 0.